The molecular weight excluding hydrogens is 238 g/mol. The molecule has 1 atom stereocenters. The number of pyridine rings is 1. The predicted molar refractivity (Wildman–Crippen MR) is 78.4 cm³/mol. The second kappa shape index (κ2) is 7.46. The van der Waals surface area contributed by atoms with Crippen LogP contribution in [-0.2, 0) is 11.3 Å². The third-order valence-electron chi connectivity index (χ3n) is 3.70. The van der Waals surface area contributed by atoms with Crippen molar-refractivity contribution in [1.82, 2.24) is 10.3 Å². The molecule has 0 radical (unpaired) electrons. The first-order chi connectivity index (χ1) is 9.35. The van der Waals surface area contributed by atoms with Gasteiger partial charge in [0.15, 0.2) is 0 Å². The summed E-state index contributed by atoms with van der Waals surface area (Å²) in [7, 11) is 0. The minimum Gasteiger partial charge on any atom is -0.381 e. The van der Waals surface area contributed by atoms with Crippen LogP contribution < -0.4 is 10.2 Å². The zero-order valence-corrected chi connectivity index (χ0v) is 12.1. The van der Waals surface area contributed by atoms with Crippen molar-refractivity contribution in [3.8, 4) is 0 Å². The number of anilines is 1. The molecule has 1 unspecified atom stereocenters. The fraction of sp³-hybridized carbons (Fsp3) is 0.667. The van der Waals surface area contributed by atoms with E-state index in [4.69, 9.17) is 4.74 Å². The summed E-state index contributed by atoms with van der Waals surface area (Å²) in [6.07, 6.45) is 3.06. The Morgan fingerprint density at radius 1 is 1.42 bits per heavy atom. The molecule has 0 saturated carbocycles. The quantitative estimate of drug-likeness (QED) is 0.817. The number of hydrogen-bond acceptors (Lipinski definition) is 4. The average Bonchev–Trinajstić information content (AvgIpc) is 2.95. The summed E-state index contributed by atoms with van der Waals surface area (Å²) in [5.74, 6) is 1.79. The monoisotopic (exact) mass is 263 g/mol. The fourth-order valence-electron chi connectivity index (χ4n) is 2.53. The van der Waals surface area contributed by atoms with E-state index in [1.165, 1.54) is 12.0 Å². The van der Waals surface area contributed by atoms with Gasteiger partial charge in [0.1, 0.15) is 5.82 Å². The van der Waals surface area contributed by atoms with Crippen molar-refractivity contribution in [3.05, 3.63) is 23.9 Å². The van der Waals surface area contributed by atoms with E-state index in [0.29, 0.717) is 5.92 Å². The van der Waals surface area contributed by atoms with E-state index in [9.17, 15) is 0 Å². The maximum Gasteiger partial charge on any atom is 0.132 e. The van der Waals surface area contributed by atoms with Crippen molar-refractivity contribution in [3.63, 3.8) is 0 Å². The molecule has 4 heteroatoms. The maximum absolute atomic E-state index is 5.40. The van der Waals surface area contributed by atoms with Gasteiger partial charge in [-0.15, -0.1) is 0 Å². The highest BCUT2D eigenvalue weighted by molar-refractivity contribution is 5.46. The van der Waals surface area contributed by atoms with E-state index < -0.39 is 0 Å². The standard InChI is InChI=1S/C15H25N3O/c1-3-18(4-2)15-14(6-5-8-17-15)11-16-10-13-7-9-19-12-13/h5-6,8,13,16H,3-4,7,9-12H2,1-2H3. The Kier molecular flexibility index (Phi) is 5.61. The molecule has 1 N–H and O–H groups in total. The van der Waals surface area contributed by atoms with Gasteiger partial charge < -0.3 is 15.0 Å². The lowest BCUT2D eigenvalue weighted by atomic mass is 10.1. The molecule has 4 nitrogen and oxygen atoms in total. The van der Waals surface area contributed by atoms with Gasteiger partial charge in [0.2, 0.25) is 0 Å². The molecule has 2 heterocycles. The van der Waals surface area contributed by atoms with Crippen molar-refractivity contribution in [2.24, 2.45) is 5.92 Å². The summed E-state index contributed by atoms with van der Waals surface area (Å²) in [6, 6.07) is 4.18. The maximum atomic E-state index is 5.40. The van der Waals surface area contributed by atoms with E-state index in [2.05, 4.69) is 35.1 Å². The predicted octanol–water partition coefficient (Wildman–Crippen LogP) is 2.05. The van der Waals surface area contributed by atoms with Crippen molar-refractivity contribution in [2.45, 2.75) is 26.8 Å². The van der Waals surface area contributed by atoms with E-state index in [0.717, 1.165) is 45.2 Å². The second-order valence-electron chi connectivity index (χ2n) is 5.02. The molecule has 1 aromatic rings. The van der Waals surface area contributed by atoms with Gasteiger partial charge in [0.05, 0.1) is 6.61 Å². The van der Waals surface area contributed by atoms with Gasteiger partial charge in [-0.05, 0) is 32.3 Å². The van der Waals surface area contributed by atoms with E-state index >= 15 is 0 Å². The average molecular weight is 263 g/mol. The summed E-state index contributed by atoms with van der Waals surface area (Å²) in [5.41, 5.74) is 1.28. The van der Waals surface area contributed by atoms with Gasteiger partial charge in [0.25, 0.3) is 0 Å². The van der Waals surface area contributed by atoms with Crippen LogP contribution in [0.3, 0.4) is 0 Å². The highest BCUT2D eigenvalue weighted by Crippen LogP contribution is 2.17. The zero-order chi connectivity index (χ0) is 13.5. The SMILES string of the molecule is CCN(CC)c1ncccc1CNCC1CCOC1. The molecule has 1 saturated heterocycles. The van der Waals surface area contributed by atoms with Crippen molar-refractivity contribution >= 4 is 5.82 Å². The minimum absolute atomic E-state index is 0.675. The molecular formula is C15H25N3O. The number of nitrogens with one attached hydrogen (secondary N) is 1. The molecule has 1 aromatic heterocycles. The third kappa shape index (κ3) is 3.91. The van der Waals surface area contributed by atoms with Gasteiger partial charge in [-0.2, -0.15) is 0 Å². The van der Waals surface area contributed by atoms with Crippen molar-refractivity contribution in [1.29, 1.82) is 0 Å². The summed E-state index contributed by atoms with van der Waals surface area (Å²) < 4.78 is 5.40. The molecule has 0 spiro atoms. The smallest absolute Gasteiger partial charge is 0.132 e. The lowest BCUT2D eigenvalue weighted by Gasteiger charge is -2.23. The Labute approximate surface area is 116 Å². The Morgan fingerprint density at radius 2 is 2.26 bits per heavy atom. The van der Waals surface area contributed by atoms with Crippen LogP contribution in [0.1, 0.15) is 25.8 Å². The fourth-order valence-corrected chi connectivity index (χ4v) is 2.53. The summed E-state index contributed by atoms with van der Waals surface area (Å²) in [6.45, 7) is 10.1. The topological polar surface area (TPSA) is 37.4 Å². The van der Waals surface area contributed by atoms with Crippen molar-refractivity contribution < 1.29 is 4.74 Å². The normalized spacial score (nSPS) is 18.7. The molecule has 2 rings (SSSR count). The first-order valence-electron chi connectivity index (χ1n) is 7.32. The van der Waals surface area contributed by atoms with Crippen LogP contribution in [0, 0.1) is 5.92 Å². The summed E-state index contributed by atoms with van der Waals surface area (Å²) in [4.78, 5) is 6.83. The van der Waals surface area contributed by atoms with Crippen molar-refractivity contribution in [2.75, 3.05) is 37.7 Å². The molecule has 0 amide bonds. The van der Waals surface area contributed by atoms with Gasteiger partial charge in [-0.25, -0.2) is 4.98 Å². The third-order valence-corrected chi connectivity index (χ3v) is 3.70. The van der Waals surface area contributed by atoms with Gasteiger partial charge in [-0.3, -0.25) is 0 Å². The highest BCUT2D eigenvalue weighted by Gasteiger charge is 2.15. The van der Waals surface area contributed by atoms with Crippen LogP contribution >= 0.6 is 0 Å². The van der Waals surface area contributed by atoms with Gasteiger partial charge in [0, 0.05) is 44.5 Å². The Bertz CT molecular complexity index is 373. The molecule has 1 fully saturated rings. The summed E-state index contributed by atoms with van der Waals surface area (Å²) >= 11 is 0. The Hall–Kier alpha value is -1.13. The van der Waals surface area contributed by atoms with E-state index in [1.54, 1.807) is 0 Å². The Morgan fingerprint density at radius 3 is 2.95 bits per heavy atom. The number of ether oxygens (including phenoxy) is 1. The minimum atomic E-state index is 0.675. The van der Waals surface area contributed by atoms with Crippen LogP contribution in [0.5, 0.6) is 0 Å². The van der Waals surface area contributed by atoms with E-state index in [1.807, 2.05) is 12.3 Å². The van der Waals surface area contributed by atoms with Crippen LogP contribution in [0.25, 0.3) is 0 Å². The highest BCUT2D eigenvalue weighted by atomic mass is 16.5. The first-order valence-corrected chi connectivity index (χ1v) is 7.32. The molecule has 1 aliphatic heterocycles. The lowest BCUT2D eigenvalue weighted by Crippen LogP contribution is -2.27. The number of rotatable bonds is 7. The number of aromatic nitrogens is 1. The first kappa shape index (κ1) is 14.3. The van der Waals surface area contributed by atoms with Gasteiger partial charge in [-0.1, -0.05) is 6.07 Å². The van der Waals surface area contributed by atoms with Crippen LogP contribution in [0.15, 0.2) is 18.3 Å². The lowest BCUT2D eigenvalue weighted by molar-refractivity contribution is 0.185. The molecule has 106 valence electrons. The number of nitrogens with zero attached hydrogens (tertiary/aromatic N) is 2. The van der Waals surface area contributed by atoms with Crippen LogP contribution in [0.4, 0.5) is 5.82 Å². The van der Waals surface area contributed by atoms with Gasteiger partial charge >= 0.3 is 0 Å². The Balaban J connectivity index is 1.91. The van der Waals surface area contributed by atoms with Crippen LogP contribution in [-0.4, -0.2) is 37.8 Å². The molecule has 0 aliphatic carbocycles. The van der Waals surface area contributed by atoms with Crippen LogP contribution in [0.2, 0.25) is 0 Å². The molecule has 19 heavy (non-hydrogen) atoms. The molecule has 0 bridgehead atoms. The number of hydrogen-bond donors (Lipinski definition) is 1. The molecule has 0 aromatic carbocycles. The molecule has 1 aliphatic rings. The second-order valence-corrected chi connectivity index (χ2v) is 5.02. The van der Waals surface area contributed by atoms with E-state index in [-0.39, 0.29) is 0 Å². The largest absolute Gasteiger partial charge is 0.381 e. The zero-order valence-electron chi connectivity index (χ0n) is 12.1. The summed E-state index contributed by atoms with van der Waals surface area (Å²) in [5, 5.41) is 3.54.